The first-order valence-electron chi connectivity index (χ1n) is 9.66. The molecule has 0 spiro atoms. The van der Waals surface area contributed by atoms with Crippen molar-refractivity contribution in [2.75, 3.05) is 13.7 Å². The van der Waals surface area contributed by atoms with Crippen molar-refractivity contribution < 1.29 is 23.8 Å². The molecule has 0 heterocycles. The summed E-state index contributed by atoms with van der Waals surface area (Å²) in [7, 11) is 1.58. The molecule has 0 atom stereocenters. The van der Waals surface area contributed by atoms with Gasteiger partial charge < -0.3 is 14.2 Å². The van der Waals surface area contributed by atoms with E-state index in [-0.39, 0.29) is 18.4 Å². The Morgan fingerprint density at radius 3 is 2.00 bits per heavy atom. The van der Waals surface area contributed by atoms with E-state index < -0.39 is 0 Å². The second-order valence-corrected chi connectivity index (χ2v) is 6.34. The standard InChI is InChI=1S/C21H32O5/c1-3-4-5-6-7-10-17-25-20(22)11-8-9-12-21(23)26-19-15-13-18(24-2)14-16-19/h13-16H,3-12,17H2,1-2H3. The molecular formula is C21H32O5. The first kappa shape index (κ1) is 22.0. The quantitative estimate of drug-likeness (QED) is 0.262. The van der Waals surface area contributed by atoms with Gasteiger partial charge in [0, 0.05) is 12.8 Å². The van der Waals surface area contributed by atoms with Crippen molar-refractivity contribution in [1.82, 2.24) is 0 Å². The third kappa shape index (κ3) is 10.7. The van der Waals surface area contributed by atoms with E-state index in [1.807, 2.05) is 0 Å². The summed E-state index contributed by atoms with van der Waals surface area (Å²) in [6.45, 7) is 2.70. The molecule has 0 unspecified atom stereocenters. The first-order valence-corrected chi connectivity index (χ1v) is 9.66. The van der Waals surface area contributed by atoms with Crippen LogP contribution in [0.3, 0.4) is 0 Å². The summed E-state index contributed by atoms with van der Waals surface area (Å²) in [6.07, 6.45) is 8.92. The molecule has 5 heteroatoms. The lowest BCUT2D eigenvalue weighted by Crippen LogP contribution is -2.09. The fourth-order valence-electron chi connectivity index (χ4n) is 2.51. The molecule has 1 rings (SSSR count). The van der Waals surface area contributed by atoms with Crippen molar-refractivity contribution in [3.8, 4) is 11.5 Å². The van der Waals surface area contributed by atoms with Gasteiger partial charge in [0.2, 0.25) is 0 Å². The SMILES string of the molecule is CCCCCCCCOC(=O)CCCCC(=O)Oc1ccc(OC)cc1. The summed E-state index contributed by atoms with van der Waals surface area (Å²) < 4.78 is 15.5. The van der Waals surface area contributed by atoms with Crippen molar-refractivity contribution in [2.45, 2.75) is 71.1 Å². The minimum Gasteiger partial charge on any atom is -0.497 e. The van der Waals surface area contributed by atoms with Gasteiger partial charge in [0.25, 0.3) is 0 Å². The van der Waals surface area contributed by atoms with E-state index in [2.05, 4.69) is 6.92 Å². The van der Waals surface area contributed by atoms with Gasteiger partial charge in [-0.05, 0) is 43.5 Å². The molecule has 0 saturated heterocycles. The fraction of sp³-hybridized carbons (Fsp3) is 0.619. The first-order chi connectivity index (χ1) is 12.7. The molecule has 0 aliphatic heterocycles. The summed E-state index contributed by atoms with van der Waals surface area (Å²) in [6, 6.07) is 6.86. The summed E-state index contributed by atoms with van der Waals surface area (Å²) >= 11 is 0. The van der Waals surface area contributed by atoms with Crippen molar-refractivity contribution in [2.24, 2.45) is 0 Å². The number of unbranched alkanes of at least 4 members (excludes halogenated alkanes) is 6. The normalized spacial score (nSPS) is 10.4. The molecule has 0 aliphatic carbocycles. The van der Waals surface area contributed by atoms with Gasteiger partial charge in [-0.25, -0.2) is 0 Å². The Balaban J connectivity index is 2.01. The van der Waals surface area contributed by atoms with Crippen molar-refractivity contribution >= 4 is 11.9 Å². The maximum Gasteiger partial charge on any atom is 0.311 e. The lowest BCUT2D eigenvalue weighted by molar-refractivity contribution is -0.144. The van der Waals surface area contributed by atoms with Crippen LogP contribution in [-0.4, -0.2) is 25.7 Å². The molecule has 0 radical (unpaired) electrons. The zero-order valence-electron chi connectivity index (χ0n) is 16.1. The number of benzene rings is 1. The third-order valence-electron chi connectivity index (χ3n) is 4.06. The molecule has 0 N–H and O–H groups in total. The molecule has 0 saturated carbocycles. The predicted molar refractivity (Wildman–Crippen MR) is 101 cm³/mol. The lowest BCUT2D eigenvalue weighted by Gasteiger charge is -2.06. The topological polar surface area (TPSA) is 61.8 Å². The summed E-state index contributed by atoms with van der Waals surface area (Å²) in [5.41, 5.74) is 0. The van der Waals surface area contributed by atoms with E-state index >= 15 is 0 Å². The Labute approximate surface area is 157 Å². The van der Waals surface area contributed by atoms with Crippen molar-refractivity contribution in [3.05, 3.63) is 24.3 Å². The molecule has 1 aromatic rings. The van der Waals surface area contributed by atoms with Gasteiger partial charge >= 0.3 is 11.9 Å². The van der Waals surface area contributed by atoms with Crippen LogP contribution in [0.15, 0.2) is 24.3 Å². The van der Waals surface area contributed by atoms with Crippen LogP contribution in [-0.2, 0) is 14.3 Å². The molecule has 26 heavy (non-hydrogen) atoms. The zero-order chi connectivity index (χ0) is 19.0. The molecule has 1 aromatic carbocycles. The van der Waals surface area contributed by atoms with E-state index in [1.54, 1.807) is 31.4 Å². The molecule has 0 aliphatic rings. The largest absolute Gasteiger partial charge is 0.497 e. The summed E-state index contributed by atoms with van der Waals surface area (Å²) in [5.74, 6) is 0.733. The fourth-order valence-corrected chi connectivity index (χ4v) is 2.51. The lowest BCUT2D eigenvalue weighted by atomic mass is 10.1. The molecule has 0 fully saturated rings. The zero-order valence-corrected chi connectivity index (χ0v) is 16.1. The monoisotopic (exact) mass is 364 g/mol. The smallest absolute Gasteiger partial charge is 0.311 e. The average Bonchev–Trinajstić information content (AvgIpc) is 2.65. The van der Waals surface area contributed by atoms with Crippen LogP contribution in [0.4, 0.5) is 0 Å². The van der Waals surface area contributed by atoms with Gasteiger partial charge in [-0.2, -0.15) is 0 Å². The van der Waals surface area contributed by atoms with Crippen LogP contribution in [0.2, 0.25) is 0 Å². The number of rotatable bonds is 14. The van der Waals surface area contributed by atoms with Gasteiger partial charge in [-0.1, -0.05) is 39.0 Å². The minimum atomic E-state index is -0.296. The van der Waals surface area contributed by atoms with E-state index in [0.717, 1.165) is 12.8 Å². The van der Waals surface area contributed by atoms with Gasteiger partial charge in [0.1, 0.15) is 11.5 Å². The molecule has 0 bridgehead atoms. The van der Waals surface area contributed by atoms with Crippen LogP contribution in [0.25, 0.3) is 0 Å². The molecule has 146 valence electrons. The Bertz CT molecular complexity index is 510. The van der Waals surface area contributed by atoms with Crippen LogP contribution in [0.1, 0.15) is 71.1 Å². The van der Waals surface area contributed by atoms with Crippen molar-refractivity contribution in [3.63, 3.8) is 0 Å². The maximum absolute atomic E-state index is 11.8. The highest BCUT2D eigenvalue weighted by atomic mass is 16.5. The van der Waals surface area contributed by atoms with Gasteiger partial charge in [0.15, 0.2) is 0 Å². The van der Waals surface area contributed by atoms with Crippen LogP contribution < -0.4 is 9.47 Å². The average molecular weight is 364 g/mol. The van der Waals surface area contributed by atoms with Crippen LogP contribution in [0.5, 0.6) is 11.5 Å². The Morgan fingerprint density at radius 2 is 1.35 bits per heavy atom. The summed E-state index contributed by atoms with van der Waals surface area (Å²) in [5, 5.41) is 0. The third-order valence-corrected chi connectivity index (χ3v) is 4.06. The van der Waals surface area contributed by atoms with Gasteiger partial charge in [-0.15, -0.1) is 0 Å². The number of hydrogen-bond acceptors (Lipinski definition) is 5. The van der Waals surface area contributed by atoms with E-state index in [4.69, 9.17) is 14.2 Å². The van der Waals surface area contributed by atoms with E-state index in [1.165, 1.54) is 25.7 Å². The minimum absolute atomic E-state index is 0.179. The number of ether oxygens (including phenoxy) is 3. The van der Waals surface area contributed by atoms with Gasteiger partial charge in [-0.3, -0.25) is 9.59 Å². The highest BCUT2D eigenvalue weighted by Gasteiger charge is 2.07. The number of methoxy groups -OCH3 is 1. The maximum atomic E-state index is 11.8. The van der Waals surface area contributed by atoms with E-state index in [0.29, 0.717) is 37.4 Å². The Kier molecular flexibility index (Phi) is 12.0. The van der Waals surface area contributed by atoms with Crippen molar-refractivity contribution in [1.29, 1.82) is 0 Å². The van der Waals surface area contributed by atoms with Crippen LogP contribution >= 0.6 is 0 Å². The highest BCUT2D eigenvalue weighted by Crippen LogP contribution is 2.17. The number of carbonyl (C=O) groups excluding carboxylic acids is 2. The predicted octanol–water partition coefficient (Wildman–Crippen LogP) is 5.06. The van der Waals surface area contributed by atoms with E-state index in [9.17, 15) is 9.59 Å². The number of esters is 2. The molecular weight excluding hydrogens is 332 g/mol. The Morgan fingerprint density at radius 1 is 0.769 bits per heavy atom. The van der Waals surface area contributed by atoms with Crippen LogP contribution in [0, 0.1) is 0 Å². The number of hydrogen-bond donors (Lipinski definition) is 0. The second-order valence-electron chi connectivity index (χ2n) is 6.34. The Hall–Kier alpha value is -2.04. The highest BCUT2D eigenvalue weighted by molar-refractivity contribution is 5.72. The molecule has 0 amide bonds. The summed E-state index contributed by atoms with van der Waals surface area (Å²) in [4.78, 5) is 23.4. The van der Waals surface area contributed by atoms with Gasteiger partial charge in [0.05, 0.1) is 13.7 Å². The second kappa shape index (κ2) is 14.2. The molecule has 5 nitrogen and oxygen atoms in total. The molecule has 0 aromatic heterocycles. The number of carbonyl (C=O) groups is 2.